The van der Waals surface area contributed by atoms with Gasteiger partial charge in [0.1, 0.15) is 6.73 Å². The Morgan fingerprint density at radius 2 is 2.30 bits per heavy atom. The first-order chi connectivity index (χ1) is 4.68. The molecule has 10 heavy (non-hydrogen) atoms. The zero-order chi connectivity index (χ0) is 7.98. The molecule has 5 heteroatoms. The SMILES string of the molecule is CCCOCN(C)S(=O)O. The average Bonchev–Trinajstić information content (AvgIpc) is 1.88. The zero-order valence-corrected chi connectivity index (χ0v) is 7.06. The van der Waals surface area contributed by atoms with Crippen molar-refractivity contribution in [2.45, 2.75) is 13.3 Å². The van der Waals surface area contributed by atoms with E-state index >= 15 is 0 Å². The predicted octanol–water partition coefficient (Wildman–Crippen LogP) is 0.439. The van der Waals surface area contributed by atoms with Crippen LogP contribution in [0.5, 0.6) is 0 Å². The average molecular weight is 167 g/mol. The maximum atomic E-state index is 10.3. The van der Waals surface area contributed by atoms with Crippen molar-refractivity contribution in [2.24, 2.45) is 0 Å². The number of nitrogens with zero attached hydrogens (tertiary/aromatic N) is 1. The lowest BCUT2D eigenvalue weighted by atomic mass is 10.5. The van der Waals surface area contributed by atoms with E-state index in [9.17, 15) is 4.21 Å². The Morgan fingerprint density at radius 1 is 1.70 bits per heavy atom. The Kier molecular flexibility index (Phi) is 5.81. The van der Waals surface area contributed by atoms with Crippen molar-refractivity contribution >= 4 is 11.3 Å². The number of rotatable bonds is 5. The Hall–Kier alpha value is 0.0300. The molecule has 0 aliphatic carbocycles. The molecule has 0 spiro atoms. The van der Waals surface area contributed by atoms with Crippen LogP contribution in [-0.4, -0.2) is 33.5 Å². The molecule has 0 aromatic carbocycles. The number of ether oxygens (including phenoxy) is 1. The normalized spacial score (nSPS) is 14.0. The lowest BCUT2D eigenvalue weighted by molar-refractivity contribution is 0.0810. The van der Waals surface area contributed by atoms with Gasteiger partial charge < -0.3 is 4.74 Å². The van der Waals surface area contributed by atoms with Gasteiger partial charge in [0.25, 0.3) is 0 Å². The monoisotopic (exact) mass is 167 g/mol. The minimum absolute atomic E-state index is 0.205. The fourth-order valence-electron chi connectivity index (χ4n) is 0.383. The quantitative estimate of drug-likeness (QED) is 0.367. The molecule has 1 N–H and O–H groups in total. The lowest BCUT2D eigenvalue weighted by Crippen LogP contribution is -2.23. The molecule has 0 amide bonds. The Morgan fingerprint density at radius 3 is 2.70 bits per heavy atom. The van der Waals surface area contributed by atoms with E-state index in [1.54, 1.807) is 0 Å². The van der Waals surface area contributed by atoms with Gasteiger partial charge in [-0.05, 0) is 6.42 Å². The van der Waals surface area contributed by atoms with Crippen molar-refractivity contribution in [1.82, 2.24) is 4.31 Å². The largest absolute Gasteiger partial charge is 0.365 e. The first-order valence-electron chi connectivity index (χ1n) is 3.08. The van der Waals surface area contributed by atoms with Gasteiger partial charge in [-0.25, -0.2) is 4.21 Å². The molecule has 0 saturated carbocycles. The van der Waals surface area contributed by atoms with Gasteiger partial charge in [0.05, 0.1) is 0 Å². The minimum Gasteiger partial charge on any atom is -0.365 e. The molecule has 0 fully saturated rings. The molecule has 0 saturated heterocycles. The summed E-state index contributed by atoms with van der Waals surface area (Å²) in [6.07, 6.45) is 0.923. The standard InChI is InChI=1S/C5H13NO3S/c1-3-4-9-5-6(2)10(7)8/h3-5H2,1-2H3,(H,7,8). The summed E-state index contributed by atoms with van der Waals surface area (Å²) in [5.41, 5.74) is 0. The number of hydrogen-bond donors (Lipinski definition) is 1. The van der Waals surface area contributed by atoms with E-state index in [2.05, 4.69) is 0 Å². The van der Waals surface area contributed by atoms with Crippen LogP contribution in [0.3, 0.4) is 0 Å². The Labute approximate surface area is 63.6 Å². The van der Waals surface area contributed by atoms with Crippen LogP contribution < -0.4 is 0 Å². The van der Waals surface area contributed by atoms with E-state index in [1.165, 1.54) is 11.4 Å². The summed E-state index contributed by atoms with van der Waals surface area (Å²) in [5.74, 6) is 0. The highest BCUT2D eigenvalue weighted by molar-refractivity contribution is 7.76. The maximum Gasteiger partial charge on any atom is 0.236 e. The highest BCUT2D eigenvalue weighted by atomic mass is 32.2. The summed E-state index contributed by atoms with van der Waals surface area (Å²) >= 11 is -1.91. The van der Waals surface area contributed by atoms with Crippen molar-refractivity contribution < 1.29 is 13.5 Å². The Balaban J connectivity index is 3.21. The third-order valence-corrected chi connectivity index (χ3v) is 1.53. The van der Waals surface area contributed by atoms with Crippen molar-refractivity contribution in [3.8, 4) is 0 Å². The molecule has 1 atom stereocenters. The summed E-state index contributed by atoms with van der Waals surface area (Å²) in [7, 11) is 1.52. The minimum atomic E-state index is -1.91. The van der Waals surface area contributed by atoms with Gasteiger partial charge in [-0.1, -0.05) is 6.92 Å². The molecule has 0 aromatic heterocycles. The van der Waals surface area contributed by atoms with Crippen LogP contribution in [-0.2, 0) is 16.0 Å². The van der Waals surface area contributed by atoms with Gasteiger partial charge in [0, 0.05) is 13.7 Å². The second kappa shape index (κ2) is 5.79. The third kappa shape index (κ3) is 4.87. The highest BCUT2D eigenvalue weighted by Crippen LogP contribution is 1.87. The summed E-state index contributed by atoms with van der Waals surface area (Å²) in [5, 5.41) is 0. The molecule has 0 aliphatic rings. The van der Waals surface area contributed by atoms with Crippen molar-refractivity contribution in [2.75, 3.05) is 20.4 Å². The van der Waals surface area contributed by atoms with Crippen molar-refractivity contribution in [1.29, 1.82) is 0 Å². The fourth-order valence-corrected chi connectivity index (χ4v) is 0.547. The second-order valence-corrected chi connectivity index (χ2v) is 2.98. The van der Waals surface area contributed by atoms with Crippen molar-refractivity contribution in [3.63, 3.8) is 0 Å². The van der Waals surface area contributed by atoms with Crippen LogP contribution in [0.15, 0.2) is 0 Å². The van der Waals surface area contributed by atoms with Gasteiger partial charge in [-0.2, -0.15) is 4.31 Å². The smallest absolute Gasteiger partial charge is 0.236 e. The topological polar surface area (TPSA) is 49.8 Å². The van der Waals surface area contributed by atoms with Gasteiger partial charge in [0.15, 0.2) is 0 Å². The van der Waals surface area contributed by atoms with Gasteiger partial charge >= 0.3 is 0 Å². The lowest BCUT2D eigenvalue weighted by Gasteiger charge is -2.10. The van der Waals surface area contributed by atoms with Crippen LogP contribution in [0.2, 0.25) is 0 Å². The van der Waals surface area contributed by atoms with Crippen molar-refractivity contribution in [3.05, 3.63) is 0 Å². The van der Waals surface area contributed by atoms with E-state index in [0.717, 1.165) is 6.42 Å². The molecule has 1 unspecified atom stereocenters. The van der Waals surface area contributed by atoms with Crippen LogP contribution in [0, 0.1) is 0 Å². The van der Waals surface area contributed by atoms with E-state index in [1.807, 2.05) is 6.92 Å². The summed E-state index contributed by atoms with van der Waals surface area (Å²) < 4.78 is 24.9. The Bertz CT molecular complexity index is 109. The molecule has 0 radical (unpaired) electrons. The summed E-state index contributed by atoms with van der Waals surface area (Å²) in [6, 6.07) is 0. The van der Waals surface area contributed by atoms with Gasteiger partial charge in [-0.3, -0.25) is 4.55 Å². The van der Waals surface area contributed by atoms with E-state index in [0.29, 0.717) is 6.61 Å². The summed E-state index contributed by atoms with van der Waals surface area (Å²) in [4.78, 5) is 0. The van der Waals surface area contributed by atoms with Crippen LogP contribution in [0.4, 0.5) is 0 Å². The fraction of sp³-hybridized carbons (Fsp3) is 1.00. The van der Waals surface area contributed by atoms with Gasteiger partial charge in [0.2, 0.25) is 11.3 Å². The first-order valence-corrected chi connectivity index (χ1v) is 4.14. The molecular formula is C5H13NO3S. The molecule has 0 aliphatic heterocycles. The number of hydrogen-bond acceptors (Lipinski definition) is 2. The van der Waals surface area contributed by atoms with E-state index in [-0.39, 0.29) is 6.73 Å². The van der Waals surface area contributed by atoms with Gasteiger partial charge in [-0.15, -0.1) is 0 Å². The second-order valence-electron chi connectivity index (χ2n) is 1.90. The molecule has 0 rings (SSSR count). The maximum absolute atomic E-state index is 10.3. The molecule has 0 bridgehead atoms. The third-order valence-electron chi connectivity index (χ3n) is 0.888. The molecule has 0 aromatic rings. The molecule has 4 nitrogen and oxygen atoms in total. The molecular weight excluding hydrogens is 154 g/mol. The molecule has 0 heterocycles. The summed E-state index contributed by atoms with van der Waals surface area (Å²) in [6.45, 7) is 2.81. The van der Waals surface area contributed by atoms with Crippen LogP contribution >= 0.6 is 0 Å². The van der Waals surface area contributed by atoms with E-state index < -0.39 is 11.3 Å². The van der Waals surface area contributed by atoms with Crippen LogP contribution in [0.25, 0.3) is 0 Å². The highest BCUT2D eigenvalue weighted by Gasteiger charge is 2.01. The zero-order valence-electron chi connectivity index (χ0n) is 6.24. The molecule has 62 valence electrons. The predicted molar refractivity (Wildman–Crippen MR) is 39.6 cm³/mol. The van der Waals surface area contributed by atoms with Crippen LogP contribution in [0.1, 0.15) is 13.3 Å². The first kappa shape index (κ1) is 10.0. The van der Waals surface area contributed by atoms with E-state index in [4.69, 9.17) is 9.29 Å².